The number of hydrogen-bond acceptors (Lipinski definition) is 3. The van der Waals surface area contributed by atoms with Crippen LogP contribution in [0.15, 0.2) is 36.7 Å². The molecule has 0 spiro atoms. The summed E-state index contributed by atoms with van der Waals surface area (Å²) in [6.45, 7) is 0. The van der Waals surface area contributed by atoms with Crippen molar-refractivity contribution >= 4 is 0 Å². The van der Waals surface area contributed by atoms with Crippen molar-refractivity contribution < 1.29 is 4.39 Å². The Balaban J connectivity index is 2.17. The Labute approximate surface area is 92.7 Å². The van der Waals surface area contributed by atoms with Gasteiger partial charge in [-0.05, 0) is 18.1 Å². The van der Waals surface area contributed by atoms with Gasteiger partial charge in [0.25, 0.3) is 0 Å². The van der Waals surface area contributed by atoms with Gasteiger partial charge in [0.05, 0.1) is 6.04 Å². The van der Waals surface area contributed by atoms with Gasteiger partial charge in [0, 0.05) is 12.4 Å². The number of nitrogens with one attached hydrogen (secondary N) is 2. The van der Waals surface area contributed by atoms with E-state index in [2.05, 4.69) is 15.4 Å². The molecule has 0 aliphatic heterocycles. The second kappa shape index (κ2) is 4.87. The summed E-state index contributed by atoms with van der Waals surface area (Å²) in [5.41, 5.74) is 3.23. The van der Waals surface area contributed by atoms with E-state index in [9.17, 15) is 4.39 Å². The lowest BCUT2D eigenvalue weighted by Crippen LogP contribution is -2.30. The molecule has 1 unspecified atom stereocenters. The standard InChI is InChI=1S/C11H13FN4/c12-9-4-2-1-3-8(9)7-10(16-13)11-14-5-6-15-11/h1-6,10,16H,7,13H2,(H,14,15). The maximum absolute atomic E-state index is 13.4. The monoisotopic (exact) mass is 220 g/mol. The smallest absolute Gasteiger partial charge is 0.126 e. The summed E-state index contributed by atoms with van der Waals surface area (Å²) in [7, 11) is 0. The number of H-pyrrole nitrogens is 1. The fourth-order valence-corrected chi connectivity index (χ4v) is 1.59. The molecule has 0 radical (unpaired) electrons. The van der Waals surface area contributed by atoms with Gasteiger partial charge in [0.1, 0.15) is 11.6 Å². The Hall–Kier alpha value is -1.72. The highest BCUT2D eigenvalue weighted by atomic mass is 19.1. The summed E-state index contributed by atoms with van der Waals surface area (Å²) in [5, 5.41) is 0. The zero-order valence-electron chi connectivity index (χ0n) is 8.65. The SMILES string of the molecule is NNC(Cc1ccccc1F)c1ncc[nH]1. The van der Waals surface area contributed by atoms with Gasteiger partial charge in [-0.2, -0.15) is 0 Å². The predicted molar refractivity (Wildman–Crippen MR) is 58.8 cm³/mol. The fourth-order valence-electron chi connectivity index (χ4n) is 1.59. The molecule has 0 bridgehead atoms. The van der Waals surface area contributed by atoms with Gasteiger partial charge in [-0.1, -0.05) is 18.2 Å². The van der Waals surface area contributed by atoms with Gasteiger partial charge < -0.3 is 4.98 Å². The lowest BCUT2D eigenvalue weighted by molar-refractivity contribution is 0.510. The Bertz CT molecular complexity index is 441. The maximum atomic E-state index is 13.4. The molecule has 4 N–H and O–H groups in total. The van der Waals surface area contributed by atoms with Crippen LogP contribution in [-0.2, 0) is 6.42 Å². The Morgan fingerprint density at radius 3 is 2.88 bits per heavy atom. The number of nitrogens with two attached hydrogens (primary N) is 1. The number of imidazole rings is 1. The quantitative estimate of drug-likeness (QED) is 0.537. The van der Waals surface area contributed by atoms with E-state index in [1.165, 1.54) is 6.07 Å². The van der Waals surface area contributed by atoms with Crippen LogP contribution in [0, 0.1) is 5.82 Å². The summed E-state index contributed by atoms with van der Waals surface area (Å²) in [6, 6.07) is 6.42. The van der Waals surface area contributed by atoms with E-state index >= 15 is 0 Å². The molecule has 2 aromatic rings. The molecule has 84 valence electrons. The zero-order chi connectivity index (χ0) is 11.4. The summed E-state index contributed by atoms with van der Waals surface area (Å²) < 4.78 is 13.4. The zero-order valence-corrected chi connectivity index (χ0v) is 8.65. The van der Waals surface area contributed by atoms with Gasteiger partial charge in [0.2, 0.25) is 0 Å². The lowest BCUT2D eigenvalue weighted by atomic mass is 10.1. The molecule has 0 amide bonds. The highest BCUT2D eigenvalue weighted by Crippen LogP contribution is 2.16. The molecule has 0 saturated carbocycles. The Morgan fingerprint density at radius 1 is 1.44 bits per heavy atom. The first-order valence-electron chi connectivity index (χ1n) is 5.00. The van der Waals surface area contributed by atoms with Crippen LogP contribution in [0.1, 0.15) is 17.4 Å². The summed E-state index contributed by atoms with van der Waals surface area (Å²) in [5.74, 6) is 5.90. The van der Waals surface area contributed by atoms with Crippen LogP contribution >= 0.6 is 0 Å². The first kappa shape index (κ1) is 10.8. The van der Waals surface area contributed by atoms with Crippen LogP contribution in [0.25, 0.3) is 0 Å². The van der Waals surface area contributed by atoms with Gasteiger partial charge in [0.15, 0.2) is 0 Å². The number of rotatable bonds is 4. The van der Waals surface area contributed by atoms with Crippen molar-refractivity contribution in [3.05, 3.63) is 53.9 Å². The summed E-state index contributed by atoms with van der Waals surface area (Å²) in [6.07, 6.45) is 3.80. The van der Waals surface area contributed by atoms with Crippen molar-refractivity contribution in [2.24, 2.45) is 5.84 Å². The maximum Gasteiger partial charge on any atom is 0.126 e. The van der Waals surface area contributed by atoms with E-state index in [0.29, 0.717) is 17.8 Å². The molecule has 1 aromatic heterocycles. The van der Waals surface area contributed by atoms with E-state index in [0.717, 1.165) is 0 Å². The van der Waals surface area contributed by atoms with Crippen molar-refractivity contribution in [2.45, 2.75) is 12.5 Å². The molecule has 0 saturated heterocycles. The number of hydrogen-bond donors (Lipinski definition) is 3. The molecule has 5 heteroatoms. The number of hydrazine groups is 1. The van der Waals surface area contributed by atoms with Crippen LogP contribution < -0.4 is 11.3 Å². The normalized spacial score (nSPS) is 12.6. The van der Waals surface area contributed by atoms with Crippen LogP contribution in [-0.4, -0.2) is 9.97 Å². The van der Waals surface area contributed by atoms with Crippen molar-refractivity contribution in [3.63, 3.8) is 0 Å². The van der Waals surface area contributed by atoms with Crippen molar-refractivity contribution in [1.29, 1.82) is 0 Å². The van der Waals surface area contributed by atoms with E-state index in [-0.39, 0.29) is 11.9 Å². The fraction of sp³-hybridized carbons (Fsp3) is 0.182. The lowest BCUT2D eigenvalue weighted by Gasteiger charge is -2.13. The molecule has 16 heavy (non-hydrogen) atoms. The number of benzene rings is 1. The molecular formula is C11H13FN4. The molecule has 0 fully saturated rings. The third-order valence-corrected chi connectivity index (χ3v) is 2.43. The molecule has 1 atom stereocenters. The van der Waals surface area contributed by atoms with E-state index in [4.69, 9.17) is 5.84 Å². The van der Waals surface area contributed by atoms with E-state index in [1.54, 1.807) is 30.6 Å². The molecule has 0 aliphatic carbocycles. The van der Waals surface area contributed by atoms with Crippen molar-refractivity contribution in [2.75, 3.05) is 0 Å². The van der Waals surface area contributed by atoms with Gasteiger partial charge in [-0.15, -0.1) is 0 Å². The Kier molecular flexibility index (Phi) is 3.28. The molecule has 1 heterocycles. The number of aromatic nitrogens is 2. The third kappa shape index (κ3) is 2.26. The highest BCUT2D eigenvalue weighted by Gasteiger charge is 2.14. The van der Waals surface area contributed by atoms with Crippen molar-refractivity contribution in [1.82, 2.24) is 15.4 Å². The molecule has 1 aromatic carbocycles. The first-order chi connectivity index (χ1) is 7.81. The molecule has 4 nitrogen and oxygen atoms in total. The van der Waals surface area contributed by atoms with Gasteiger partial charge >= 0.3 is 0 Å². The van der Waals surface area contributed by atoms with E-state index < -0.39 is 0 Å². The third-order valence-electron chi connectivity index (χ3n) is 2.43. The topological polar surface area (TPSA) is 66.7 Å². The van der Waals surface area contributed by atoms with Crippen LogP contribution in [0.2, 0.25) is 0 Å². The molecule has 2 rings (SSSR count). The minimum absolute atomic E-state index is 0.216. The minimum atomic E-state index is -0.227. The molecule has 0 aliphatic rings. The van der Waals surface area contributed by atoms with E-state index in [1.807, 2.05) is 0 Å². The second-order valence-corrected chi connectivity index (χ2v) is 3.49. The predicted octanol–water partition coefficient (Wildman–Crippen LogP) is 1.30. The number of aromatic amines is 1. The van der Waals surface area contributed by atoms with Gasteiger partial charge in [-0.3, -0.25) is 5.84 Å². The van der Waals surface area contributed by atoms with Gasteiger partial charge in [-0.25, -0.2) is 14.8 Å². The average Bonchev–Trinajstić information content (AvgIpc) is 2.81. The largest absolute Gasteiger partial charge is 0.347 e. The summed E-state index contributed by atoms with van der Waals surface area (Å²) in [4.78, 5) is 7.04. The Morgan fingerprint density at radius 2 is 2.25 bits per heavy atom. The second-order valence-electron chi connectivity index (χ2n) is 3.49. The number of halogens is 1. The average molecular weight is 220 g/mol. The summed E-state index contributed by atoms with van der Waals surface area (Å²) >= 11 is 0. The van der Waals surface area contributed by atoms with Crippen LogP contribution in [0.4, 0.5) is 4.39 Å². The molecular weight excluding hydrogens is 207 g/mol. The van der Waals surface area contributed by atoms with Crippen LogP contribution in [0.3, 0.4) is 0 Å². The minimum Gasteiger partial charge on any atom is -0.347 e. The first-order valence-corrected chi connectivity index (χ1v) is 5.00. The van der Waals surface area contributed by atoms with Crippen LogP contribution in [0.5, 0.6) is 0 Å². The van der Waals surface area contributed by atoms with Crippen molar-refractivity contribution in [3.8, 4) is 0 Å². The number of nitrogens with zero attached hydrogens (tertiary/aromatic N) is 1. The highest BCUT2D eigenvalue weighted by molar-refractivity contribution is 5.19.